The third-order valence-corrected chi connectivity index (χ3v) is 13.2. The van der Waals surface area contributed by atoms with Crippen molar-refractivity contribution in [3.05, 3.63) is 236 Å². The summed E-state index contributed by atoms with van der Waals surface area (Å²) in [5.41, 5.74) is 19.9. The van der Waals surface area contributed by atoms with Gasteiger partial charge in [-0.3, -0.25) is 0 Å². The molecule has 2 nitrogen and oxygen atoms in total. The normalized spacial score (nSPS) is 12.7. The van der Waals surface area contributed by atoms with Gasteiger partial charge in [0.25, 0.3) is 0 Å². The highest BCUT2D eigenvalue weighted by atomic mass is 16.3. The maximum absolute atomic E-state index is 6.43. The van der Waals surface area contributed by atoms with Crippen LogP contribution in [0.2, 0.25) is 0 Å². The molecule has 0 spiro atoms. The van der Waals surface area contributed by atoms with E-state index in [-0.39, 0.29) is 5.41 Å². The van der Waals surface area contributed by atoms with Gasteiger partial charge in [0.05, 0.1) is 0 Å². The molecule has 63 heavy (non-hydrogen) atoms. The van der Waals surface area contributed by atoms with E-state index >= 15 is 0 Å². The predicted octanol–water partition coefficient (Wildman–Crippen LogP) is 17.2. The van der Waals surface area contributed by atoms with E-state index in [4.69, 9.17) is 4.42 Å². The van der Waals surface area contributed by atoms with Crippen LogP contribution in [0, 0.1) is 0 Å². The first-order valence-corrected chi connectivity index (χ1v) is 21.8. The summed E-state index contributed by atoms with van der Waals surface area (Å²) in [6, 6.07) is 81.6. The van der Waals surface area contributed by atoms with Crippen LogP contribution in [0.15, 0.2) is 229 Å². The van der Waals surface area contributed by atoms with E-state index in [1.54, 1.807) is 0 Å². The molecule has 1 heterocycles. The van der Waals surface area contributed by atoms with Crippen molar-refractivity contribution in [1.82, 2.24) is 0 Å². The standard InChI is InChI=1S/C61H43NO/c1-61(2)57-22-7-5-18-53(57)56-21-11-20-52(60(56)61)42-28-32-50(33-29-42)62(51-34-35-55-54-19-6-8-23-58(54)63-59(55)39-51)49-30-26-41(27-31-49)44-14-9-15-45(36-44)46-16-10-17-47(38-46)48-25-24-40-12-3-4-13-43(40)37-48/h3-39H,1-2H3. The Kier molecular flexibility index (Phi) is 8.55. The van der Waals surface area contributed by atoms with Gasteiger partial charge in [0.2, 0.25) is 0 Å². The minimum atomic E-state index is -0.0988. The lowest BCUT2D eigenvalue weighted by molar-refractivity contribution is 0.662. The molecule has 0 atom stereocenters. The fraction of sp³-hybridized carbons (Fsp3) is 0.0492. The van der Waals surface area contributed by atoms with Crippen LogP contribution >= 0.6 is 0 Å². The number of para-hydroxylation sites is 1. The molecule has 298 valence electrons. The lowest BCUT2D eigenvalue weighted by atomic mass is 9.79. The fourth-order valence-corrected chi connectivity index (χ4v) is 10.1. The molecule has 1 aliphatic rings. The van der Waals surface area contributed by atoms with Gasteiger partial charge in [0.15, 0.2) is 0 Å². The fourth-order valence-electron chi connectivity index (χ4n) is 10.1. The van der Waals surface area contributed by atoms with E-state index in [0.717, 1.165) is 44.6 Å². The summed E-state index contributed by atoms with van der Waals surface area (Å²) in [5.74, 6) is 0. The molecule has 0 unspecified atom stereocenters. The summed E-state index contributed by atoms with van der Waals surface area (Å²) < 4.78 is 6.43. The summed E-state index contributed by atoms with van der Waals surface area (Å²) >= 11 is 0. The highest BCUT2D eigenvalue weighted by Crippen LogP contribution is 2.52. The van der Waals surface area contributed by atoms with Gasteiger partial charge >= 0.3 is 0 Å². The molecule has 0 N–H and O–H groups in total. The summed E-state index contributed by atoms with van der Waals surface area (Å²) in [4.78, 5) is 2.34. The van der Waals surface area contributed by atoms with Gasteiger partial charge in [-0.25, -0.2) is 0 Å². The number of hydrogen-bond donors (Lipinski definition) is 0. The highest BCUT2D eigenvalue weighted by molar-refractivity contribution is 6.06. The Bertz CT molecular complexity index is 3540. The van der Waals surface area contributed by atoms with Crippen LogP contribution < -0.4 is 4.90 Å². The van der Waals surface area contributed by atoms with Crippen molar-refractivity contribution in [1.29, 1.82) is 0 Å². The van der Waals surface area contributed by atoms with Crippen molar-refractivity contribution in [2.75, 3.05) is 4.90 Å². The van der Waals surface area contributed by atoms with Crippen molar-refractivity contribution >= 4 is 49.8 Å². The molecule has 12 rings (SSSR count). The lowest BCUT2D eigenvalue weighted by Gasteiger charge is -2.27. The average molecular weight is 806 g/mol. The van der Waals surface area contributed by atoms with Crippen LogP contribution in [-0.2, 0) is 5.41 Å². The first-order chi connectivity index (χ1) is 31.0. The monoisotopic (exact) mass is 805 g/mol. The molecule has 1 aliphatic carbocycles. The Hall–Kier alpha value is -7.94. The number of nitrogens with zero attached hydrogens (tertiary/aromatic N) is 1. The molecule has 0 bridgehead atoms. The van der Waals surface area contributed by atoms with Crippen LogP contribution in [0.3, 0.4) is 0 Å². The summed E-state index contributed by atoms with van der Waals surface area (Å²) in [6.45, 7) is 4.71. The molecule has 11 aromatic rings. The topological polar surface area (TPSA) is 16.4 Å². The Balaban J connectivity index is 0.903. The Morgan fingerprint density at radius 3 is 1.60 bits per heavy atom. The maximum Gasteiger partial charge on any atom is 0.137 e. The number of rotatable bonds is 7. The minimum absolute atomic E-state index is 0.0988. The SMILES string of the molecule is CC1(C)c2ccccc2-c2cccc(-c3ccc(N(c4ccc(-c5cccc(-c6cccc(-c7ccc8ccccc8c7)c6)c5)cc4)c4ccc5c(c4)oc4ccccc45)cc3)c21. The van der Waals surface area contributed by atoms with Crippen LogP contribution in [0.1, 0.15) is 25.0 Å². The predicted molar refractivity (Wildman–Crippen MR) is 265 cm³/mol. The third kappa shape index (κ3) is 6.25. The van der Waals surface area contributed by atoms with Crippen LogP contribution in [-0.4, -0.2) is 0 Å². The van der Waals surface area contributed by atoms with Gasteiger partial charge in [-0.2, -0.15) is 0 Å². The quantitative estimate of drug-likeness (QED) is 0.160. The zero-order chi connectivity index (χ0) is 42.1. The second kappa shape index (κ2) is 14.6. The number of furan rings is 1. The third-order valence-electron chi connectivity index (χ3n) is 13.2. The number of anilines is 3. The largest absolute Gasteiger partial charge is 0.456 e. The molecular formula is C61H43NO. The van der Waals surface area contributed by atoms with Crippen LogP contribution in [0.4, 0.5) is 17.1 Å². The molecule has 0 radical (unpaired) electrons. The molecule has 0 saturated heterocycles. The molecule has 1 aromatic heterocycles. The second-order valence-electron chi connectivity index (χ2n) is 17.3. The molecule has 0 saturated carbocycles. The van der Waals surface area contributed by atoms with Gasteiger partial charge in [0.1, 0.15) is 11.2 Å². The average Bonchev–Trinajstić information content (AvgIpc) is 3.83. The van der Waals surface area contributed by atoms with Crippen LogP contribution in [0.5, 0.6) is 0 Å². The summed E-state index contributed by atoms with van der Waals surface area (Å²) in [7, 11) is 0. The van der Waals surface area contributed by atoms with E-state index < -0.39 is 0 Å². The van der Waals surface area contributed by atoms with Crippen molar-refractivity contribution < 1.29 is 4.42 Å². The molecule has 2 heteroatoms. The molecule has 10 aromatic carbocycles. The van der Waals surface area contributed by atoms with Gasteiger partial charge in [-0.05, 0) is 138 Å². The van der Waals surface area contributed by atoms with E-state index in [0.29, 0.717) is 0 Å². The first-order valence-electron chi connectivity index (χ1n) is 21.8. The smallest absolute Gasteiger partial charge is 0.137 e. The van der Waals surface area contributed by atoms with Gasteiger partial charge < -0.3 is 9.32 Å². The summed E-state index contributed by atoms with van der Waals surface area (Å²) in [5, 5.41) is 4.75. The zero-order valence-electron chi connectivity index (χ0n) is 35.2. The van der Waals surface area contributed by atoms with Gasteiger partial charge in [0, 0.05) is 39.3 Å². The minimum Gasteiger partial charge on any atom is -0.456 e. The zero-order valence-corrected chi connectivity index (χ0v) is 35.2. The molecule has 0 fully saturated rings. The second-order valence-corrected chi connectivity index (χ2v) is 17.3. The highest BCUT2D eigenvalue weighted by Gasteiger charge is 2.37. The number of fused-ring (bicyclic) bond motifs is 7. The van der Waals surface area contributed by atoms with E-state index in [1.807, 2.05) is 12.1 Å². The number of hydrogen-bond acceptors (Lipinski definition) is 2. The first kappa shape index (κ1) is 36.9. The van der Waals surface area contributed by atoms with Gasteiger partial charge in [-0.15, -0.1) is 0 Å². The molecule has 0 amide bonds. The van der Waals surface area contributed by atoms with E-state index in [9.17, 15) is 0 Å². The lowest BCUT2D eigenvalue weighted by Crippen LogP contribution is -2.16. The van der Waals surface area contributed by atoms with Crippen molar-refractivity contribution in [2.45, 2.75) is 19.3 Å². The Labute approximate surface area is 368 Å². The Morgan fingerprint density at radius 2 is 0.857 bits per heavy atom. The van der Waals surface area contributed by atoms with Gasteiger partial charge in [-0.1, -0.05) is 172 Å². The Morgan fingerprint density at radius 1 is 0.333 bits per heavy atom. The summed E-state index contributed by atoms with van der Waals surface area (Å²) in [6.07, 6.45) is 0. The molecular weight excluding hydrogens is 763 g/mol. The number of benzene rings is 10. The van der Waals surface area contributed by atoms with Crippen molar-refractivity contribution in [3.8, 4) is 55.6 Å². The van der Waals surface area contributed by atoms with E-state index in [2.05, 4.69) is 231 Å². The molecule has 0 aliphatic heterocycles. The maximum atomic E-state index is 6.43. The van der Waals surface area contributed by atoms with E-state index in [1.165, 1.54) is 72.0 Å². The van der Waals surface area contributed by atoms with Crippen molar-refractivity contribution in [2.24, 2.45) is 0 Å². The van der Waals surface area contributed by atoms with Crippen LogP contribution in [0.25, 0.3) is 88.3 Å². The van der Waals surface area contributed by atoms with Crippen molar-refractivity contribution in [3.63, 3.8) is 0 Å².